The molecule has 0 aromatic carbocycles. The van der Waals surface area contributed by atoms with E-state index < -0.39 is 5.79 Å². The third-order valence-electron chi connectivity index (χ3n) is 4.36. The van der Waals surface area contributed by atoms with Crippen molar-refractivity contribution in [1.29, 1.82) is 0 Å². The Kier molecular flexibility index (Phi) is 1.74. The number of fused-ring (bicyclic) bond motifs is 8. The fourth-order valence-electron chi connectivity index (χ4n) is 3.74. The maximum Gasteiger partial charge on any atom is 0.163 e. The SMILES string of the molecule is CCn1cc2c(n1)[C@@H]1C[C@H]2[C@H]2OC(C)(C)O[C@H]21. The first-order valence-corrected chi connectivity index (χ1v) is 6.52. The summed E-state index contributed by atoms with van der Waals surface area (Å²) in [6.07, 6.45) is 3.83. The zero-order valence-corrected chi connectivity index (χ0v) is 10.5. The highest BCUT2D eigenvalue weighted by Gasteiger charge is 2.60. The topological polar surface area (TPSA) is 36.3 Å². The molecule has 4 nitrogen and oxygen atoms in total. The number of aromatic nitrogens is 2. The average Bonchev–Trinajstić information content (AvgIpc) is 2.90. The van der Waals surface area contributed by atoms with Crippen LogP contribution in [0.25, 0.3) is 0 Å². The van der Waals surface area contributed by atoms with E-state index in [2.05, 4.69) is 18.2 Å². The Bertz CT molecular complexity index is 442. The van der Waals surface area contributed by atoms with Gasteiger partial charge in [-0.15, -0.1) is 0 Å². The van der Waals surface area contributed by atoms with Crippen LogP contribution < -0.4 is 0 Å². The van der Waals surface area contributed by atoms with E-state index in [9.17, 15) is 0 Å². The Hall–Kier alpha value is -0.870. The van der Waals surface area contributed by atoms with Crippen LogP contribution in [0.2, 0.25) is 0 Å². The van der Waals surface area contributed by atoms with Gasteiger partial charge in [0.2, 0.25) is 0 Å². The second-order valence-corrected chi connectivity index (χ2v) is 5.84. The van der Waals surface area contributed by atoms with Crippen molar-refractivity contribution in [2.75, 3.05) is 0 Å². The molecule has 1 saturated heterocycles. The standard InChI is InChI=1S/C13H18N2O2/c1-4-15-6-9-7-5-8(10(9)14-15)12-11(7)16-13(2,3)17-12/h6-8,11-12H,4-5H2,1-3H3/t7-,8+,11-,12+/m1/s1. The Balaban J connectivity index is 1.75. The van der Waals surface area contributed by atoms with Crippen molar-refractivity contribution >= 4 is 0 Å². The van der Waals surface area contributed by atoms with Gasteiger partial charge in [-0.25, -0.2) is 0 Å². The second-order valence-electron chi connectivity index (χ2n) is 5.84. The number of hydrogen-bond acceptors (Lipinski definition) is 3. The van der Waals surface area contributed by atoms with Gasteiger partial charge in [0.1, 0.15) is 0 Å². The molecule has 3 aliphatic rings. The van der Waals surface area contributed by atoms with Gasteiger partial charge in [-0.3, -0.25) is 4.68 Å². The van der Waals surface area contributed by atoms with Gasteiger partial charge in [0, 0.05) is 24.6 Å². The average molecular weight is 234 g/mol. The maximum atomic E-state index is 6.05. The third-order valence-corrected chi connectivity index (χ3v) is 4.36. The number of ether oxygens (including phenoxy) is 2. The van der Waals surface area contributed by atoms with E-state index in [1.54, 1.807) is 0 Å². The summed E-state index contributed by atoms with van der Waals surface area (Å²) < 4.78 is 14.1. The first-order valence-electron chi connectivity index (χ1n) is 6.52. The predicted molar refractivity (Wildman–Crippen MR) is 61.8 cm³/mol. The van der Waals surface area contributed by atoms with Crippen LogP contribution in [0.1, 0.15) is 50.3 Å². The van der Waals surface area contributed by atoms with Gasteiger partial charge in [0.25, 0.3) is 0 Å². The first-order chi connectivity index (χ1) is 8.09. The largest absolute Gasteiger partial charge is 0.344 e. The van der Waals surface area contributed by atoms with Crippen molar-refractivity contribution in [1.82, 2.24) is 9.78 Å². The van der Waals surface area contributed by atoms with Crippen LogP contribution >= 0.6 is 0 Å². The summed E-state index contributed by atoms with van der Waals surface area (Å²) in [6.45, 7) is 7.08. The maximum absolute atomic E-state index is 6.05. The van der Waals surface area contributed by atoms with Crippen LogP contribution in [0.5, 0.6) is 0 Å². The number of nitrogens with zero attached hydrogens (tertiary/aromatic N) is 2. The summed E-state index contributed by atoms with van der Waals surface area (Å²) in [5, 5.41) is 4.68. The fourth-order valence-corrected chi connectivity index (χ4v) is 3.74. The normalized spacial score (nSPS) is 40.6. The summed E-state index contributed by atoms with van der Waals surface area (Å²) in [5.41, 5.74) is 2.67. The molecule has 92 valence electrons. The van der Waals surface area contributed by atoms with E-state index in [0.29, 0.717) is 11.8 Å². The molecule has 2 aliphatic carbocycles. The monoisotopic (exact) mass is 234 g/mol. The van der Waals surface area contributed by atoms with Crippen molar-refractivity contribution < 1.29 is 9.47 Å². The molecule has 4 heteroatoms. The molecule has 1 saturated carbocycles. The van der Waals surface area contributed by atoms with Gasteiger partial charge in [-0.05, 0) is 32.8 Å². The van der Waals surface area contributed by atoms with Gasteiger partial charge >= 0.3 is 0 Å². The smallest absolute Gasteiger partial charge is 0.163 e. The molecule has 0 amide bonds. The Morgan fingerprint density at radius 2 is 2.06 bits per heavy atom. The quantitative estimate of drug-likeness (QED) is 0.745. The number of rotatable bonds is 1. The lowest BCUT2D eigenvalue weighted by Crippen LogP contribution is -2.28. The molecule has 4 atom stereocenters. The molecule has 1 aliphatic heterocycles. The van der Waals surface area contributed by atoms with Crippen molar-refractivity contribution in [3.05, 3.63) is 17.5 Å². The number of hydrogen-bond donors (Lipinski definition) is 0. The Labute approximate surface area is 101 Å². The van der Waals surface area contributed by atoms with Crippen LogP contribution in [0.15, 0.2) is 6.20 Å². The molecule has 17 heavy (non-hydrogen) atoms. The highest BCUT2D eigenvalue weighted by Crippen LogP contribution is 2.58. The van der Waals surface area contributed by atoms with E-state index in [1.165, 1.54) is 11.3 Å². The molecule has 0 unspecified atom stereocenters. The summed E-state index contributed by atoms with van der Waals surface area (Å²) in [6, 6.07) is 0. The van der Waals surface area contributed by atoms with E-state index in [4.69, 9.17) is 9.47 Å². The van der Waals surface area contributed by atoms with E-state index in [-0.39, 0.29) is 12.2 Å². The predicted octanol–water partition coefficient (Wildman–Crippen LogP) is 2.01. The Morgan fingerprint density at radius 1 is 1.35 bits per heavy atom. The molecule has 2 bridgehead atoms. The fraction of sp³-hybridized carbons (Fsp3) is 0.769. The van der Waals surface area contributed by atoms with Gasteiger partial charge in [0.05, 0.1) is 17.9 Å². The van der Waals surface area contributed by atoms with Crippen molar-refractivity contribution in [3.8, 4) is 0 Å². The molecular formula is C13H18N2O2. The second kappa shape index (κ2) is 2.93. The van der Waals surface area contributed by atoms with Crippen LogP contribution in [-0.2, 0) is 16.0 Å². The van der Waals surface area contributed by atoms with Crippen LogP contribution in [-0.4, -0.2) is 27.8 Å². The summed E-state index contributed by atoms with van der Waals surface area (Å²) in [4.78, 5) is 0. The molecular weight excluding hydrogens is 216 g/mol. The summed E-state index contributed by atoms with van der Waals surface area (Å²) in [7, 11) is 0. The molecule has 4 rings (SSSR count). The third kappa shape index (κ3) is 1.17. The van der Waals surface area contributed by atoms with Gasteiger partial charge < -0.3 is 9.47 Å². The molecule has 0 radical (unpaired) electrons. The van der Waals surface area contributed by atoms with Crippen LogP contribution in [0.4, 0.5) is 0 Å². The first kappa shape index (κ1) is 10.1. The zero-order chi connectivity index (χ0) is 11.8. The van der Waals surface area contributed by atoms with E-state index in [1.807, 2.05) is 18.5 Å². The molecule has 2 fully saturated rings. The lowest BCUT2D eigenvalue weighted by Gasteiger charge is -2.20. The van der Waals surface area contributed by atoms with E-state index in [0.717, 1.165) is 13.0 Å². The molecule has 1 aromatic heterocycles. The number of aryl methyl sites for hydroxylation is 1. The molecule has 1 aromatic rings. The molecule has 0 N–H and O–H groups in total. The van der Waals surface area contributed by atoms with Crippen LogP contribution in [0.3, 0.4) is 0 Å². The van der Waals surface area contributed by atoms with Gasteiger partial charge in [0.15, 0.2) is 5.79 Å². The highest BCUT2D eigenvalue weighted by molar-refractivity contribution is 5.40. The van der Waals surface area contributed by atoms with Crippen molar-refractivity contribution in [2.24, 2.45) is 0 Å². The summed E-state index contributed by atoms with van der Waals surface area (Å²) >= 11 is 0. The zero-order valence-electron chi connectivity index (χ0n) is 10.5. The lowest BCUT2D eigenvalue weighted by molar-refractivity contribution is -0.153. The minimum atomic E-state index is -0.420. The minimum Gasteiger partial charge on any atom is -0.344 e. The van der Waals surface area contributed by atoms with E-state index >= 15 is 0 Å². The van der Waals surface area contributed by atoms with Gasteiger partial charge in [-0.2, -0.15) is 5.10 Å². The van der Waals surface area contributed by atoms with Crippen LogP contribution in [0, 0.1) is 0 Å². The summed E-state index contributed by atoms with van der Waals surface area (Å²) in [5.74, 6) is 0.535. The van der Waals surface area contributed by atoms with Gasteiger partial charge in [-0.1, -0.05) is 0 Å². The molecule has 2 heterocycles. The lowest BCUT2D eigenvalue weighted by atomic mass is 9.93. The van der Waals surface area contributed by atoms with Crippen molar-refractivity contribution in [2.45, 2.75) is 63.6 Å². The highest BCUT2D eigenvalue weighted by atomic mass is 16.8. The minimum absolute atomic E-state index is 0.225. The van der Waals surface area contributed by atoms with Crippen molar-refractivity contribution in [3.63, 3.8) is 0 Å². The Morgan fingerprint density at radius 3 is 2.76 bits per heavy atom. The molecule has 0 spiro atoms.